The van der Waals surface area contributed by atoms with Crippen LogP contribution in [0.25, 0.3) is 10.9 Å². The Morgan fingerprint density at radius 1 is 1.20 bits per heavy atom. The van der Waals surface area contributed by atoms with E-state index in [1.165, 1.54) is 12.1 Å². The SMILES string of the molecule is Fc1ccc(Br)c(NCc2c[nH]c3cc(Cl)ccc23)c1. The third kappa shape index (κ3) is 2.67. The van der Waals surface area contributed by atoms with E-state index < -0.39 is 0 Å². The maximum Gasteiger partial charge on any atom is 0.125 e. The lowest BCUT2D eigenvalue weighted by molar-refractivity contribution is 0.628. The van der Waals surface area contributed by atoms with Crippen LogP contribution in [0.15, 0.2) is 47.1 Å². The van der Waals surface area contributed by atoms with Crippen molar-refractivity contribution < 1.29 is 4.39 Å². The highest BCUT2D eigenvalue weighted by Gasteiger charge is 2.06. The van der Waals surface area contributed by atoms with Gasteiger partial charge in [0.05, 0.1) is 5.69 Å². The van der Waals surface area contributed by atoms with Crippen LogP contribution >= 0.6 is 27.5 Å². The van der Waals surface area contributed by atoms with Gasteiger partial charge in [0.1, 0.15) is 5.82 Å². The van der Waals surface area contributed by atoms with Crippen LogP contribution < -0.4 is 5.32 Å². The average Bonchev–Trinajstić information content (AvgIpc) is 2.82. The van der Waals surface area contributed by atoms with E-state index in [4.69, 9.17) is 11.6 Å². The van der Waals surface area contributed by atoms with Crippen molar-refractivity contribution in [1.29, 1.82) is 0 Å². The fraction of sp³-hybridized carbons (Fsp3) is 0.0667. The minimum Gasteiger partial charge on any atom is -0.380 e. The molecule has 0 atom stereocenters. The van der Waals surface area contributed by atoms with Crippen LogP contribution in [0.1, 0.15) is 5.56 Å². The van der Waals surface area contributed by atoms with Gasteiger partial charge in [0.25, 0.3) is 0 Å². The van der Waals surface area contributed by atoms with E-state index >= 15 is 0 Å². The molecule has 20 heavy (non-hydrogen) atoms. The third-order valence-corrected chi connectivity index (χ3v) is 4.05. The Balaban J connectivity index is 1.85. The number of nitrogens with one attached hydrogen (secondary N) is 2. The lowest BCUT2D eigenvalue weighted by atomic mass is 10.1. The van der Waals surface area contributed by atoms with Gasteiger partial charge in [-0.05, 0) is 51.8 Å². The number of benzene rings is 2. The van der Waals surface area contributed by atoms with E-state index in [1.807, 2.05) is 24.4 Å². The van der Waals surface area contributed by atoms with Gasteiger partial charge in [-0.25, -0.2) is 4.39 Å². The first-order valence-corrected chi connectivity index (χ1v) is 7.25. The van der Waals surface area contributed by atoms with Gasteiger partial charge in [-0.3, -0.25) is 0 Å². The fourth-order valence-electron chi connectivity index (χ4n) is 2.13. The predicted molar refractivity (Wildman–Crippen MR) is 84.7 cm³/mol. The predicted octanol–water partition coefficient (Wildman–Crippen LogP) is 5.34. The monoisotopic (exact) mass is 352 g/mol. The largest absolute Gasteiger partial charge is 0.380 e. The first kappa shape index (κ1) is 13.5. The number of rotatable bonds is 3. The maximum absolute atomic E-state index is 13.2. The van der Waals surface area contributed by atoms with Gasteiger partial charge in [0.2, 0.25) is 0 Å². The average molecular weight is 354 g/mol. The summed E-state index contributed by atoms with van der Waals surface area (Å²) >= 11 is 9.36. The Labute approximate surface area is 129 Å². The zero-order valence-electron chi connectivity index (χ0n) is 10.4. The van der Waals surface area contributed by atoms with E-state index in [-0.39, 0.29) is 5.82 Å². The second-order valence-corrected chi connectivity index (χ2v) is 5.77. The summed E-state index contributed by atoms with van der Waals surface area (Å²) in [5.74, 6) is -0.263. The van der Waals surface area contributed by atoms with Crippen molar-refractivity contribution in [2.24, 2.45) is 0 Å². The molecule has 0 unspecified atom stereocenters. The molecule has 0 aliphatic carbocycles. The molecule has 0 bridgehead atoms. The maximum atomic E-state index is 13.2. The Morgan fingerprint density at radius 2 is 2.05 bits per heavy atom. The topological polar surface area (TPSA) is 27.8 Å². The smallest absolute Gasteiger partial charge is 0.125 e. The number of anilines is 1. The highest BCUT2D eigenvalue weighted by Crippen LogP contribution is 2.26. The van der Waals surface area contributed by atoms with Crippen molar-refractivity contribution in [2.45, 2.75) is 6.54 Å². The van der Waals surface area contributed by atoms with Crippen molar-refractivity contribution in [3.05, 3.63) is 63.5 Å². The molecule has 0 radical (unpaired) electrons. The van der Waals surface area contributed by atoms with Gasteiger partial charge < -0.3 is 10.3 Å². The lowest BCUT2D eigenvalue weighted by Crippen LogP contribution is -1.99. The Morgan fingerprint density at radius 3 is 2.90 bits per heavy atom. The molecular formula is C15H11BrClFN2. The van der Waals surface area contributed by atoms with E-state index in [1.54, 1.807) is 6.07 Å². The second kappa shape index (κ2) is 5.46. The van der Waals surface area contributed by atoms with E-state index in [2.05, 4.69) is 26.2 Å². The summed E-state index contributed by atoms with van der Waals surface area (Å²) in [6.45, 7) is 0.601. The molecule has 3 aromatic rings. The van der Waals surface area contributed by atoms with Gasteiger partial charge in [-0.2, -0.15) is 0 Å². The van der Waals surface area contributed by atoms with Crippen LogP contribution in [0, 0.1) is 5.82 Å². The number of halogens is 3. The Bertz CT molecular complexity index is 770. The van der Waals surface area contributed by atoms with Crippen LogP contribution in [0.3, 0.4) is 0 Å². The molecule has 0 aliphatic rings. The molecule has 0 spiro atoms. The van der Waals surface area contributed by atoms with Crippen molar-refractivity contribution >= 4 is 44.1 Å². The van der Waals surface area contributed by atoms with Gasteiger partial charge in [-0.15, -0.1) is 0 Å². The van der Waals surface area contributed by atoms with Gasteiger partial charge in [0.15, 0.2) is 0 Å². The van der Waals surface area contributed by atoms with Crippen LogP contribution in [0.4, 0.5) is 10.1 Å². The number of aromatic amines is 1. The number of aromatic nitrogens is 1. The van der Waals surface area contributed by atoms with Crippen LogP contribution in [0.5, 0.6) is 0 Å². The molecule has 0 fully saturated rings. The molecule has 1 aromatic heterocycles. The second-order valence-electron chi connectivity index (χ2n) is 4.48. The molecule has 2 nitrogen and oxygen atoms in total. The Hall–Kier alpha value is -1.52. The number of hydrogen-bond acceptors (Lipinski definition) is 1. The Kier molecular flexibility index (Phi) is 3.68. The van der Waals surface area contributed by atoms with Crippen molar-refractivity contribution in [3.63, 3.8) is 0 Å². The summed E-state index contributed by atoms with van der Waals surface area (Å²) in [7, 11) is 0. The molecule has 5 heteroatoms. The fourth-order valence-corrected chi connectivity index (χ4v) is 2.69. The summed E-state index contributed by atoms with van der Waals surface area (Å²) < 4.78 is 14.1. The van der Waals surface area contributed by atoms with E-state index in [9.17, 15) is 4.39 Å². The van der Waals surface area contributed by atoms with E-state index in [0.29, 0.717) is 11.6 Å². The van der Waals surface area contributed by atoms with Gasteiger partial charge >= 0.3 is 0 Å². The molecule has 0 aliphatic heterocycles. The van der Waals surface area contributed by atoms with Crippen molar-refractivity contribution in [1.82, 2.24) is 4.98 Å². The third-order valence-electron chi connectivity index (χ3n) is 3.13. The molecule has 2 N–H and O–H groups in total. The summed E-state index contributed by atoms with van der Waals surface area (Å²) in [4.78, 5) is 3.18. The molecule has 1 heterocycles. The zero-order valence-corrected chi connectivity index (χ0v) is 12.7. The van der Waals surface area contributed by atoms with Crippen LogP contribution in [-0.2, 0) is 6.54 Å². The lowest BCUT2D eigenvalue weighted by Gasteiger charge is -2.08. The van der Waals surface area contributed by atoms with Crippen molar-refractivity contribution in [2.75, 3.05) is 5.32 Å². The quantitative estimate of drug-likeness (QED) is 0.654. The highest BCUT2D eigenvalue weighted by atomic mass is 79.9. The molecule has 0 amide bonds. The summed E-state index contributed by atoms with van der Waals surface area (Å²) in [5, 5.41) is 5.03. The normalized spacial score (nSPS) is 10.9. The minimum atomic E-state index is -0.263. The summed E-state index contributed by atoms with van der Waals surface area (Å²) in [6, 6.07) is 10.3. The standard InChI is InChI=1S/C15H11BrClFN2/c16-13-4-2-11(18)6-15(13)20-8-9-7-19-14-5-10(17)1-3-12(9)14/h1-7,19-20H,8H2. The molecular weight excluding hydrogens is 343 g/mol. The van der Waals surface area contributed by atoms with Gasteiger partial charge in [-0.1, -0.05) is 17.7 Å². The van der Waals surface area contributed by atoms with Crippen LogP contribution in [0.2, 0.25) is 5.02 Å². The zero-order chi connectivity index (χ0) is 14.1. The number of H-pyrrole nitrogens is 1. The number of fused-ring (bicyclic) bond motifs is 1. The summed E-state index contributed by atoms with van der Waals surface area (Å²) in [6.07, 6.45) is 1.93. The van der Waals surface area contributed by atoms with Gasteiger partial charge in [0, 0.05) is 33.1 Å². The van der Waals surface area contributed by atoms with E-state index in [0.717, 1.165) is 26.6 Å². The number of hydrogen-bond donors (Lipinski definition) is 2. The molecule has 102 valence electrons. The summed E-state index contributed by atoms with van der Waals surface area (Å²) in [5.41, 5.74) is 2.83. The minimum absolute atomic E-state index is 0.263. The molecule has 0 saturated heterocycles. The molecule has 2 aromatic carbocycles. The van der Waals surface area contributed by atoms with Crippen molar-refractivity contribution in [3.8, 4) is 0 Å². The molecule has 3 rings (SSSR count). The first-order chi connectivity index (χ1) is 9.63. The molecule has 0 saturated carbocycles. The van der Waals surface area contributed by atoms with Crippen LogP contribution in [-0.4, -0.2) is 4.98 Å². The first-order valence-electron chi connectivity index (χ1n) is 6.08. The highest BCUT2D eigenvalue weighted by molar-refractivity contribution is 9.10.